The zero-order chi connectivity index (χ0) is 12.5. The lowest BCUT2D eigenvalue weighted by molar-refractivity contribution is 0.466. The van der Waals surface area contributed by atoms with E-state index in [2.05, 4.69) is 11.2 Å². The van der Waals surface area contributed by atoms with Crippen molar-refractivity contribution in [3.63, 3.8) is 0 Å². The first kappa shape index (κ1) is 12.0. The van der Waals surface area contributed by atoms with Gasteiger partial charge in [-0.15, -0.1) is 0 Å². The van der Waals surface area contributed by atoms with E-state index in [0.29, 0.717) is 5.56 Å². The van der Waals surface area contributed by atoms with Crippen molar-refractivity contribution in [1.29, 1.82) is 0 Å². The number of hydrogen-bond donors (Lipinski definition) is 1. The second kappa shape index (κ2) is 4.43. The van der Waals surface area contributed by atoms with Crippen LogP contribution >= 0.6 is 0 Å². The SMILES string of the molecule is CCC(c1[c]nc2ccccc2c1)S(=O)(=O)O. The third-order valence-corrected chi connectivity index (χ3v) is 3.94. The molecule has 1 atom stereocenters. The van der Waals surface area contributed by atoms with Gasteiger partial charge in [0.05, 0.1) is 11.7 Å². The summed E-state index contributed by atoms with van der Waals surface area (Å²) in [6.45, 7) is 1.70. The molecule has 2 rings (SSSR count). The molecule has 2 aromatic rings. The first-order valence-corrected chi connectivity index (χ1v) is 6.76. The Kier molecular flexibility index (Phi) is 3.13. The Morgan fingerprint density at radius 2 is 2.12 bits per heavy atom. The van der Waals surface area contributed by atoms with E-state index in [1.165, 1.54) is 0 Å². The van der Waals surface area contributed by atoms with E-state index < -0.39 is 15.4 Å². The van der Waals surface area contributed by atoms with Gasteiger partial charge in [-0.3, -0.25) is 4.55 Å². The van der Waals surface area contributed by atoms with Gasteiger partial charge in [0.2, 0.25) is 0 Å². The molecule has 0 amide bonds. The van der Waals surface area contributed by atoms with Crippen LogP contribution in [0.4, 0.5) is 0 Å². The van der Waals surface area contributed by atoms with Gasteiger partial charge >= 0.3 is 0 Å². The second-order valence-electron chi connectivity index (χ2n) is 3.79. The van der Waals surface area contributed by atoms with Crippen molar-refractivity contribution in [3.8, 4) is 0 Å². The Morgan fingerprint density at radius 3 is 2.76 bits per heavy atom. The van der Waals surface area contributed by atoms with Crippen LogP contribution in [0.15, 0.2) is 30.3 Å². The van der Waals surface area contributed by atoms with Crippen LogP contribution in [0.5, 0.6) is 0 Å². The Balaban J connectivity index is 2.56. The van der Waals surface area contributed by atoms with Gasteiger partial charge in [-0.2, -0.15) is 8.42 Å². The fourth-order valence-corrected chi connectivity index (χ4v) is 2.65. The predicted molar refractivity (Wildman–Crippen MR) is 65.2 cm³/mol. The van der Waals surface area contributed by atoms with E-state index in [-0.39, 0.29) is 6.42 Å². The highest BCUT2D eigenvalue weighted by atomic mass is 32.2. The summed E-state index contributed by atoms with van der Waals surface area (Å²) in [4.78, 5) is 4.06. The lowest BCUT2D eigenvalue weighted by Gasteiger charge is -2.11. The molecule has 17 heavy (non-hydrogen) atoms. The van der Waals surface area contributed by atoms with Crippen molar-refractivity contribution < 1.29 is 13.0 Å². The average molecular weight is 250 g/mol. The fraction of sp³-hybridized carbons (Fsp3) is 0.250. The molecule has 1 heterocycles. The van der Waals surface area contributed by atoms with E-state index in [0.717, 1.165) is 10.9 Å². The summed E-state index contributed by atoms with van der Waals surface area (Å²) in [6.07, 6.45) is 2.97. The van der Waals surface area contributed by atoms with Crippen molar-refractivity contribution in [3.05, 3.63) is 42.1 Å². The van der Waals surface area contributed by atoms with E-state index in [9.17, 15) is 8.42 Å². The van der Waals surface area contributed by atoms with Gasteiger partial charge in [-0.1, -0.05) is 25.1 Å². The first-order chi connectivity index (χ1) is 8.02. The highest BCUT2D eigenvalue weighted by molar-refractivity contribution is 7.86. The Bertz CT molecular complexity index is 637. The zero-order valence-electron chi connectivity index (χ0n) is 9.29. The maximum Gasteiger partial charge on any atom is 0.272 e. The smallest absolute Gasteiger partial charge is 0.272 e. The van der Waals surface area contributed by atoms with E-state index in [1.54, 1.807) is 13.0 Å². The topological polar surface area (TPSA) is 67.3 Å². The molecule has 1 N–H and O–H groups in total. The summed E-state index contributed by atoms with van der Waals surface area (Å²) < 4.78 is 31.5. The lowest BCUT2D eigenvalue weighted by Crippen LogP contribution is -2.11. The fourth-order valence-electron chi connectivity index (χ4n) is 1.79. The zero-order valence-corrected chi connectivity index (χ0v) is 10.1. The molecule has 0 bridgehead atoms. The monoisotopic (exact) mass is 250 g/mol. The number of fused-ring (bicyclic) bond motifs is 1. The number of hydrogen-bond acceptors (Lipinski definition) is 3. The van der Waals surface area contributed by atoms with Gasteiger partial charge in [0, 0.05) is 10.9 Å². The molecule has 0 fully saturated rings. The van der Waals surface area contributed by atoms with Crippen molar-refractivity contribution in [2.24, 2.45) is 0 Å². The Labute approximate surface area is 100 Å². The van der Waals surface area contributed by atoms with Crippen molar-refractivity contribution in [2.75, 3.05) is 0 Å². The molecule has 1 radical (unpaired) electrons. The molecule has 1 aromatic carbocycles. The van der Waals surface area contributed by atoms with Gasteiger partial charge in [0.1, 0.15) is 5.25 Å². The van der Waals surface area contributed by atoms with E-state index in [1.807, 2.05) is 24.3 Å². The van der Waals surface area contributed by atoms with Crippen LogP contribution in [0, 0.1) is 6.20 Å². The number of aromatic nitrogens is 1. The number of rotatable bonds is 3. The minimum absolute atomic E-state index is 0.287. The van der Waals surface area contributed by atoms with Gasteiger partial charge in [-0.25, -0.2) is 4.98 Å². The minimum atomic E-state index is -4.11. The average Bonchev–Trinajstić information content (AvgIpc) is 2.28. The summed E-state index contributed by atoms with van der Waals surface area (Å²) >= 11 is 0. The third-order valence-electron chi connectivity index (χ3n) is 2.63. The number of nitrogens with zero attached hydrogens (tertiary/aromatic N) is 1. The van der Waals surface area contributed by atoms with Crippen molar-refractivity contribution >= 4 is 21.0 Å². The molecule has 1 aromatic heterocycles. The Morgan fingerprint density at radius 1 is 1.41 bits per heavy atom. The predicted octanol–water partition coefficient (Wildman–Crippen LogP) is 2.37. The van der Waals surface area contributed by atoms with Crippen LogP contribution in [0.1, 0.15) is 24.2 Å². The minimum Gasteiger partial charge on any atom is -0.285 e. The molecule has 0 saturated heterocycles. The van der Waals surface area contributed by atoms with Crippen LogP contribution in [-0.4, -0.2) is 18.0 Å². The highest BCUT2D eigenvalue weighted by Gasteiger charge is 2.23. The summed E-state index contributed by atoms with van der Waals surface area (Å²) in [5, 5.41) is -0.122. The summed E-state index contributed by atoms with van der Waals surface area (Å²) in [5.74, 6) is 0. The largest absolute Gasteiger partial charge is 0.285 e. The van der Waals surface area contributed by atoms with Crippen LogP contribution < -0.4 is 0 Å². The summed E-state index contributed by atoms with van der Waals surface area (Å²) in [5.41, 5.74) is 1.15. The van der Waals surface area contributed by atoms with Gasteiger partial charge < -0.3 is 0 Å². The quantitative estimate of drug-likeness (QED) is 0.849. The summed E-state index contributed by atoms with van der Waals surface area (Å²) in [6, 6.07) is 9.07. The maximum atomic E-state index is 11.2. The molecular weight excluding hydrogens is 238 g/mol. The molecule has 0 spiro atoms. The van der Waals surface area contributed by atoms with Crippen LogP contribution in [0.25, 0.3) is 10.9 Å². The normalized spacial score (nSPS) is 13.8. The lowest BCUT2D eigenvalue weighted by atomic mass is 10.1. The van der Waals surface area contributed by atoms with Crippen LogP contribution in [0.3, 0.4) is 0 Å². The van der Waals surface area contributed by atoms with E-state index >= 15 is 0 Å². The molecule has 5 heteroatoms. The molecule has 0 aliphatic rings. The highest BCUT2D eigenvalue weighted by Crippen LogP contribution is 2.26. The molecule has 0 aliphatic heterocycles. The van der Waals surface area contributed by atoms with Crippen molar-refractivity contribution in [1.82, 2.24) is 4.98 Å². The van der Waals surface area contributed by atoms with Gasteiger partial charge in [-0.05, 0) is 18.6 Å². The molecule has 4 nitrogen and oxygen atoms in total. The standard InChI is InChI=1S/C12H12NO3S/c1-2-12(17(14,15)16)10-7-9-5-3-4-6-11(9)13-8-10/h3-7,12H,2H2,1H3,(H,14,15,16). The van der Waals surface area contributed by atoms with Crippen molar-refractivity contribution in [2.45, 2.75) is 18.6 Å². The molecule has 89 valence electrons. The molecular formula is C12H12NO3S. The Hall–Kier alpha value is -1.46. The van der Waals surface area contributed by atoms with Crippen LogP contribution in [0.2, 0.25) is 0 Å². The van der Waals surface area contributed by atoms with Gasteiger partial charge in [0.25, 0.3) is 10.1 Å². The third kappa shape index (κ3) is 2.45. The first-order valence-electron chi connectivity index (χ1n) is 5.26. The van der Waals surface area contributed by atoms with Crippen LogP contribution in [-0.2, 0) is 10.1 Å². The number of para-hydroxylation sites is 1. The maximum absolute atomic E-state index is 11.2. The second-order valence-corrected chi connectivity index (χ2v) is 5.39. The number of benzene rings is 1. The molecule has 1 unspecified atom stereocenters. The molecule has 0 aliphatic carbocycles. The van der Waals surface area contributed by atoms with Gasteiger partial charge in [0.15, 0.2) is 0 Å². The number of pyridine rings is 1. The molecule has 0 saturated carbocycles. The summed E-state index contributed by atoms with van der Waals surface area (Å²) in [7, 11) is -4.11. The van der Waals surface area contributed by atoms with E-state index in [4.69, 9.17) is 4.55 Å².